The van der Waals surface area contributed by atoms with Gasteiger partial charge in [0.1, 0.15) is 0 Å². The molecule has 36 heavy (non-hydrogen) atoms. The molecule has 7 heteroatoms. The molecule has 1 aliphatic carbocycles. The van der Waals surface area contributed by atoms with E-state index < -0.39 is 34.9 Å². The van der Waals surface area contributed by atoms with E-state index in [0.29, 0.717) is 5.57 Å². The second kappa shape index (κ2) is 9.21. The highest BCUT2D eigenvalue weighted by Gasteiger charge is 2.65. The smallest absolute Gasteiger partial charge is 0.311 e. The molecule has 1 aliphatic heterocycles. The minimum Gasteiger partial charge on any atom is -0.466 e. The predicted molar refractivity (Wildman–Crippen MR) is 136 cm³/mol. The van der Waals surface area contributed by atoms with Crippen LogP contribution in [-0.2, 0) is 24.5 Å². The van der Waals surface area contributed by atoms with Gasteiger partial charge in [-0.25, -0.2) is 4.90 Å². The summed E-state index contributed by atoms with van der Waals surface area (Å²) in [7, 11) is 0. The largest absolute Gasteiger partial charge is 0.466 e. The Labute approximate surface area is 213 Å². The third-order valence-electron chi connectivity index (χ3n) is 6.75. The van der Waals surface area contributed by atoms with Gasteiger partial charge in [0.25, 0.3) is 11.8 Å². The van der Waals surface area contributed by atoms with Crippen LogP contribution in [0, 0.1) is 5.92 Å². The summed E-state index contributed by atoms with van der Waals surface area (Å²) in [5.74, 6) is -3.80. The fraction of sp³-hybridized carbons (Fsp3) is 0.172. The zero-order chi connectivity index (χ0) is 25.4. The van der Waals surface area contributed by atoms with Crippen molar-refractivity contribution >= 4 is 46.4 Å². The normalized spacial score (nSPS) is 20.8. The van der Waals surface area contributed by atoms with Gasteiger partial charge in [0.15, 0.2) is 11.2 Å². The van der Waals surface area contributed by atoms with Gasteiger partial charge in [0.2, 0.25) is 0 Å². The molecule has 2 amide bonds. The number of amides is 2. The molecule has 0 fully saturated rings. The van der Waals surface area contributed by atoms with Crippen LogP contribution in [-0.4, -0.2) is 30.2 Å². The molecule has 1 heterocycles. The Bertz CT molecular complexity index is 1420. The summed E-state index contributed by atoms with van der Waals surface area (Å²) in [6.45, 7) is 1.74. The fourth-order valence-corrected chi connectivity index (χ4v) is 5.31. The van der Waals surface area contributed by atoms with Gasteiger partial charge in [-0.2, -0.15) is 0 Å². The van der Waals surface area contributed by atoms with E-state index in [2.05, 4.69) is 0 Å². The highest BCUT2D eigenvalue weighted by Crippen LogP contribution is 2.53. The number of carbonyl (C=O) groups excluding carboxylic acids is 4. The van der Waals surface area contributed by atoms with Crippen molar-refractivity contribution in [3.05, 3.63) is 107 Å². The van der Waals surface area contributed by atoms with E-state index in [0.717, 1.165) is 10.5 Å². The number of fused-ring (bicyclic) bond motifs is 2. The number of rotatable bonds is 4. The number of carbonyl (C=O) groups is 4. The van der Waals surface area contributed by atoms with Crippen LogP contribution in [0.1, 0.15) is 34.8 Å². The number of imide groups is 1. The molecule has 3 aromatic rings. The zero-order valence-corrected chi connectivity index (χ0v) is 20.2. The molecular weight excluding hydrogens is 478 g/mol. The number of anilines is 1. The van der Waals surface area contributed by atoms with Gasteiger partial charge >= 0.3 is 5.97 Å². The summed E-state index contributed by atoms with van der Waals surface area (Å²) in [5.41, 5.74) is 0.167. The first-order valence-corrected chi connectivity index (χ1v) is 12.0. The Morgan fingerprint density at radius 1 is 1.00 bits per heavy atom. The molecule has 6 nitrogen and oxygen atoms in total. The first-order chi connectivity index (χ1) is 17.4. The van der Waals surface area contributed by atoms with Gasteiger partial charge in [-0.05, 0) is 60.9 Å². The number of hydrogen-bond acceptors (Lipinski definition) is 5. The molecule has 1 spiro atoms. The standard InChI is InChI=1S/C29H22ClNO5/c1-2-36-27(34)23-15-20(18-9-5-3-6-10-18)16-25(32)29(23)22-17-21(30)13-14-24(22)31(28(29)35)26(33)19-11-7-4-8-12-19/h3-14,16-17,23H,2,15H2,1H3/t23-,29-/m0/s1. The van der Waals surface area contributed by atoms with Crippen LogP contribution in [0.15, 0.2) is 84.9 Å². The predicted octanol–water partition coefficient (Wildman–Crippen LogP) is 5.00. The lowest BCUT2D eigenvalue weighted by atomic mass is 9.62. The minimum atomic E-state index is -1.96. The van der Waals surface area contributed by atoms with Crippen molar-refractivity contribution in [1.29, 1.82) is 0 Å². The third-order valence-corrected chi connectivity index (χ3v) is 6.98. The molecule has 3 aromatic carbocycles. The molecule has 2 aliphatic rings. The number of nitrogens with zero attached hydrogens (tertiary/aromatic N) is 1. The topological polar surface area (TPSA) is 80.8 Å². The van der Waals surface area contributed by atoms with Gasteiger partial charge in [-0.15, -0.1) is 0 Å². The lowest BCUT2D eigenvalue weighted by molar-refractivity contribution is -0.156. The number of halogens is 1. The van der Waals surface area contributed by atoms with Crippen LogP contribution in [0.4, 0.5) is 5.69 Å². The van der Waals surface area contributed by atoms with Crippen molar-refractivity contribution in [1.82, 2.24) is 0 Å². The average molecular weight is 500 g/mol. The van der Waals surface area contributed by atoms with Crippen molar-refractivity contribution in [2.45, 2.75) is 18.8 Å². The SMILES string of the molecule is CCOC(=O)[C@@H]1CC(c2ccccc2)=CC(=O)[C@@]12C(=O)N(C(=O)c1ccccc1)c1ccc(Cl)cc12. The van der Waals surface area contributed by atoms with Crippen LogP contribution < -0.4 is 4.90 Å². The first kappa shape index (κ1) is 23.7. The molecule has 5 rings (SSSR count). The van der Waals surface area contributed by atoms with Gasteiger partial charge < -0.3 is 4.74 Å². The lowest BCUT2D eigenvalue weighted by Gasteiger charge is -2.36. The maximum absolute atomic E-state index is 14.2. The Kier molecular flexibility index (Phi) is 6.06. The van der Waals surface area contributed by atoms with Gasteiger partial charge in [-0.3, -0.25) is 19.2 Å². The maximum Gasteiger partial charge on any atom is 0.311 e. The number of allylic oxidation sites excluding steroid dienone is 2. The summed E-state index contributed by atoms with van der Waals surface area (Å²) < 4.78 is 5.37. The molecule has 180 valence electrons. The van der Waals surface area contributed by atoms with E-state index in [1.165, 1.54) is 18.2 Å². The highest BCUT2D eigenvalue weighted by atomic mass is 35.5. The molecule has 0 radical (unpaired) electrons. The van der Waals surface area contributed by atoms with Gasteiger partial charge in [-0.1, -0.05) is 60.1 Å². The Hall–Kier alpha value is -4.03. The molecule has 0 saturated carbocycles. The van der Waals surface area contributed by atoms with Crippen LogP contribution in [0.25, 0.3) is 5.57 Å². The molecular formula is C29H22ClNO5. The van der Waals surface area contributed by atoms with Crippen LogP contribution in [0.2, 0.25) is 5.02 Å². The summed E-state index contributed by atoms with van der Waals surface area (Å²) in [5, 5.41) is 0.281. The number of ether oxygens (including phenoxy) is 1. The van der Waals surface area contributed by atoms with Gasteiger partial charge in [0, 0.05) is 16.1 Å². The van der Waals surface area contributed by atoms with Crippen molar-refractivity contribution in [2.75, 3.05) is 11.5 Å². The van der Waals surface area contributed by atoms with E-state index in [1.54, 1.807) is 43.3 Å². The second-order valence-electron chi connectivity index (χ2n) is 8.69. The fourth-order valence-electron chi connectivity index (χ4n) is 5.14. The first-order valence-electron chi connectivity index (χ1n) is 11.6. The Morgan fingerprint density at radius 2 is 1.67 bits per heavy atom. The Balaban J connectivity index is 1.73. The summed E-state index contributed by atoms with van der Waals surface area (Å²) in [4.78, 5) is 56.2. The maximum atomic E-state index is 14.2. The van der Waals surface area contributed by atoms with Crippen LogP contribution >= 0.6 is 11.6 Å². The molecule has 0 N–H and O–H groups in total. The molecule has 0 bridgehead atoms. The third kappa shape index (κ3) is 3.57. The van der Waals surface area contributed by atoms with E-state index in [1.807, 2.05) is 30.3 Å². The molecule has 0 saturated heterocycles. The summed E-state index contributed by atoms with van der Waals surface area (Å²) in [6, 6.07) is 22.1. The van der Waals surface area contributed by atoms with Crippen molar-refractivity contribution < 1.29 is 23.9 Å². The summed E-state index contributed by atoms with van der Waals surface area (Å²) in [6.07, 6.45) is 1.49. The summed E-state index contributed by atoms with van der Waals surface area (Å²) >= 11 is 6.32. The zero-order valence-electron chi connectivity index (χ0n) is 19.4. The number of benzene rings is 3. The highest BCUT2D eigenvalue weighted by molar-refractivity contribution is 6.37. The molecule has 2 atom stereocenters. The van der Waals surface area contributed by atoms with Crippen LogP contribution in [0.5, 0.6) is 0 Å². The van der Waals surface area contributed by atoms with Crippen molar-refractivity contribution in [2.24, 2.45) is 5.92 Å². The lowest BCUT2D eigenvalue weighted by Crippen LogP contribution is -2.56. The monoisotopic (exact) mass is 499 g/mol. The van der Waals surface area contributed by atoms with Gasteiger partial charge in [0.05, 0.1) is 18.2 Å². The number of esters is 1. The average Bonchev–Trinajstić information content (AvgIpc) is 3.14. The van der Waals surface area contributed by atoms with E-state index in [9.17, 15) is 19.2 Å². The quantitative estimate of drug-likeness (QED) is 0.287. The van der Waals surface area contributed by atoms with Crippen LogP contribution in [0.3, 0.4) is 0 Å². The molecule has 0 unspecified atom stereocenters. The van der Waals surface area contributed by atoms with Crippen molar-refractivity contribution in [3.8, 4) is 0 Å². The second-order valence-corrected chi connectivity index (χ2v) is 9.13. The number of ketones is 1. The Morgan fingerprint density at radius 3 is 2.33 bits per heavy atom. The van der Waals surface area contributed by atoms with E-state index >= 15 is 0 Å². The van der Waals surface area contributed by atoms with E-state index in [4.69, 9.17) is 16.3 Å². The molecule has 0 aromatic heterocycles. The number of hydrogen-bond donors (Lipinski definition) is 0. The minimum absolute atomic E-state index is 0.0766. The van der Waals surface area contributed by atoms with E-state index in [-0.39, 0.29) is 34.9 Å². The van der Waals surface area contributed by atoms with Crippen molar-refractivity contribution in [3.63, 3.8) is 0 Å².